The number of para-hydroxylation sites is 3. The van der Waals surface area contributed by atoms with Gasteiger partial charge < -0.3 is 4.42 Å². The fourth-order valence-electron chi connectivity index (χ4n) is 4.07. The lowest BCUT2D eigenvalue weighted by atomic mass is 10.1. The zero-order valence-electron chi connectivity index (χ0n) is 17.2. The van der Waals surface area contributed by atoms with Gasteiger partial charge in [0.25, 0.3) is 0 Å². The first-order chi connectivity index (χ1) is 16.2. The van der Waals surface area contributed by atoms with Gasteiger partial charge in [0.2, 0.25) is 5.91 Å². The predicted molar refractivity (Wildman–Crippen MR) is 134 cm³/mol. The molecule has 160 valence electrons. The van der Waals surface area contributed by atoms with Gasteiger partial charge in [-0.15, -0.1) is 11.3 Å². The first-order valence-corrected chi connectivity index (χ1v) is 12.2. The Bertz CT molecular complexity index is 1680. The smallest absolute Gasteiger partial charge is 0.345 e. The maximum absolute atomic E-state index is 13.2. The highest BCUT2D eigenvalue weighted by Gasteiger charge is 2.17. The van der Waals surface area contributed by atoms with Crippen molar-refractivity contribution < 1.29 is 9.21 Å². The van der Waals surface area contributed by atoms with E-state index in [1.54, 1.807) is 16.7 Å². The molecule has 0 amide bonds. The molecule has 0 saturated carbocycles. The van der Waals surface area contributed by atoms with Gasteiger partial charge in [0.05, 0.1) is 28.0 Å². The van der Waals surface area contributed by atoms with Crippen LogP contribution in [-0.2, 0) is 0 Å². The molecule has 33 heavy (non-hydrogen) atoms. The van der Waals surface area contributed by atoms with E-state index in [1.165, 1.54) is 23.1 Å². The molecule has 0 bridgehead atoms. The Morgan fingerprint density at radius 2 is 1.61 bits per heavy atom. The molecule has 7 heteroatoms. The summed E-state index contributed by atoms with van der Waals surface area (Å²) in [6.07, 6.45) is 0. The van der Waals surface area contributed by atoms with Gasteiger partial charge in [-0.3, -0.25) is 9.36 Å². The van der Waals surface area contributed by atoms with E-state index in [2.05, 4.69) is 4.98 Å². The molecule has 0 saturated heterocycles. The molecule has 0 radical (unpaired) electrons. The van der Waals surface area contributed by atoms with Crippen molar-refractivity contribution >= 4 is 61.8 Å². The van der Waals surface area contributed by atoms with Crippen LogP contribution in [0.3, 0.4) is 0 Å². The summed E-state index contributed by atoms with van der Waals surface area (Å²) in [7, 11) is 0. The molecule has 0 atom stereocenters. The minimum Gasteiger partial charge on any atom is -0.422 e. The molecule has 0 spiro atoms. The topological polar surface area (TPSA) is 65.1 Å². The maximum atomic E-state index is 13.2. The Kier molecular flexibility index (Phi) is 4.86. The van der Waals surface area contributed by atoms with Gasteiger partial charge >= 0.3 is 5.63 Å². The van der Waals surface area contributed by atoms with Crippen molar-refractivity contribution in [1.29, 1.82) is 0 Å². The van der Waals surface area contributed by atoms with E-state index >= 15 is 0 Å². The van der Waals surface area contributed by atoms with Gasteiger partial charge in [-0.25, -0.2) is 9.78 Å². The predicted octanol–water partition coefficient (Wildman–Crippen LogP) is 6.46. The van der Waals surface area contributed by atoms with E-state index in [0.29, 0.717) is 16.8 Å². The van der Waals surface area contributed by atoms with Crippen LogP contribution in [0.4, 0.5) is 0 Å². The summed E-state index contributed by atoms with van der Waals surface area (Å²) in [4.78, 5) is 30.3. The van der Waals surface area contributed by atoms with Crippen LogP contribution in [0.25, 0.3) is 44.0 Å². The highest BCUT2D eigenvalue weighted by atomic mass is 32.2. The van der Waals surface area contributed by atoms with Crippen LogP contribution in [0.1, 0.15) is 4.79 Å². The van der Waals surface area contributed by atoms with Crippen molar-refractivity contribution in [2.75, 3.05) is 5.75 Å². The fraction of sp³-hybridized carbons (Fsp3) is 0.0385. The minimum atomic E-state index is -0.420. The van der Waals surface area contributed by atoms with E-state index in [-0.39, 0.29) is 11.7 Å². The molecule has 5 nitrogen and oxygen atoms in total. The Hall–Kier alpha value is -3.68. The number of carbonyl (C=O) groups is 1. The monoisotopic (exact) mass is 468 g/mol. The van der Waals surface area contributed by atoms with Crippen LogP contribution < -0.4 is 5.63 Å². The molecule has 6 aromatic rings. The quantitative estimate of drug-likeness (QED) is 0.220. The minimum absolute atomic E-state index is 0.0145. The molecule has 3 heterocycles. The number of rotatable bonds is 4. The van der Waals surface area contributed by atoms with Crippen molar-refractivity contribution in [2.45, 2.75) is 4.34 Å². The molecule has 3 aromatic heterocycles. The zero-order valence-corrected chi connectivity index (χ0v) is 18.9. The molecular weight excluding hydrogens is 452 g/mol. The Labute approximate surface area is 196 Å². The third-order valence-corrected chi connectivity index (χ3v) is 7.55. The van der Waals surface area contributed by atoms with E-state index in [1.807, 2.05) is 72.1 Å². The van der Waals surface area contributed by atoms with E-state index < -0.39 is 5.63 Å². The number of thiazole rings is 1. The second-order valence-electron chi connectivity index (χ2n) is 7.54. The lowest BCUT2D eigenvalue weighted by Gasteiger charge is -2.05. The molecule has 6 rings (SSSR count). The Morgan fingerprint density at radius 1 is 0.939 bits per heavy atom. The lowest BCUT2D eigenvalue weighted by Crippen LogP contribution is -2.12. The van der Waals surface area contributed by atoms with Crippen LogP contribution >= 0.6 is 23.1 Å². The van der Waals surface area contributed by atoms with Crippen LogP contribution in [0.2, 0.25) is 0 Å². The standard InChI is InChI=1S/C26H16N2O3S2/c29-24(28-21-10-4-2-8-17(21)18-9-3-5-11-22(18)28)15-33-26-27-20(14-32-26)19-13-16-7-1-6-12-23(16)31-25(19)30/h1-14H,15H2. The first kappa shape index (κ1) is 20.0. The van der Waals surface area contributed by atoms with Crippen LogP contribution in [0.15, 0.2) is 97.8 Å². The second kappa shape index (κ2) is 8.03. The van der Waals surface area contributed by atoms with Gasteiger partial charge in [-0.05, 0) is 24.3 Å². The summed E-state index contributed by atoms with van der Waals surface area (Å²) in [5, 5.41) is 4.79. The number of nitrogens with zero attached hydrogens (tertiary/aromatic N) is 2. The van der Waals surface area contributed by atoms with Crippen LogP contribution in [-0.4, -0.2) is 21.2 Å². The van der Waals surface area contributed by atoms with Crippen molar-refractivity contribution in [3.63, 3.8) is 0 Å². The number of hydrogen-bond donors (Lipinski definition) is 0. The third kappa shape index (κ3) is 3.46. The van der Waals surface area contributed by atoms with E-state index in [9.17, 15) is 9.59 Å². The van der Waals surface area contributed by atoms with Crippen molar-refractivity contribution in [1.82, 2.24) is 9.55 Å². The average Bonchev–Trinajstić information content (AvgIpc) is 3.45. The lowest BCUT2D eigenvalue weighted by molar-refractivity contribution is 0.0951. The molecule has 0 unspecified atom stereocenters. The molecule has 0 aliphatic carbocycles. The largest absolute Gasteiger partial charge is 0.422 e. The zero-order chi connectivity index (χ0) is 22.4. The second-order valence-corrected chi connectivity index (χ2v) is 9.62. The van der Waals surface area contributed by atoms with Crippen LogP contribution in [0, 0.1) is 0 Å². The van der Waals surface area contributed by atoms with Crippen molar-refractivity contribution in [2.24, 2.45) is 0 Å². The fourth-order valence-corrected chi connectivity index (χ4v) is 5.74. The summed E-state index contributed by atoms with van der Waals surface area (Å²) in [6, 6.07) is 25.1. The molecule has 3 aromatic carbocycles. The number of thioether (sulfide) groups is 1. The molecule has 0 N–H and O–H groups in total. The summed E-state index contributed by atoms with van der Waals surface area (Å²) >= 11 is 2.79. The summed E-state index contributed by atoms with van der Waals surface area (Å²) in [5.74, 6) is 0.224. The number of carbonyl (C=O) groups excluding carboxylic acids is 1. The van der Waals surface area contributed by atoms with Gasteiger partial charge in [0.15, 0.2) is 4.34 Å². The third-order valence-electron chi connectivity index (χ3n) is 5.55. The number of benzene rings is 3. The summed E-state index contributed by atoms with van der Waals surface area (Å²) in [6.45, 7) is 0. The van der Waals surface area contributed by atoms with Crippen molar-refractivity contribution in [3.05, 3.63) is 94.7 Å². The Balaban J connectivity index is 1.29. The molecule has 0 aliphatic rings. The first-order valence-electron chi connectivity index (χ1n) is 10.3. The summed E-state index contributed by atoms with van der Waals surface area (Å²) in [5.41, 5.74) is 2.91. The van der Waals surface area contributed by atoms with Crippen LogP contribution in [0.5, 0.6) is 0 Å². The normalized spacial score (nSPS) is 11.5. The van der Waals surface area contributed by atoms with Crippen molar-refractivity contribution in [3.8, 4) is 11.3 Å². The number of aromatic nitrogens is 2. The SMILES string of the molecule is O=C(CSc1nc(-c2cc3ccccc3oc2=O)cs1)n1c2ccccc2c2ccccc21. The number of fused-ring (bicyclic) bond motifs is 4. The van der Waals surface area contributed by atoms with E-state index in [4.69, 9.17) is 4.42 Å². The molecule has 0 aliphatic heterocycles. The highest BCUT2D eigenvalue weighted by molar-refractivity contribution is 8.01. The molecular formula is C26H16N2O3S2. The molecule has 0 fully saturated rings. The Morgan fingerprint density at radius 3 is 2.36 bits per heavy atom. The summed E-state index contributed by atoms with van der Waals surface area (Å²) < 4.78 is 7.94. The highest BCUT2D eigenvalue weighted by Crippen LogP contribution is 2.31. The van der Waals surface area contributed by atoms with Gasteiger partial charge in [-0.1, -0.05) is 66.4 Å². The maximum Gasteiger partial charge on any atom is 0.345 e. The van der Waals surface area contributed by atoms with Gasteiger partial charge in [-0.2, -0.15) is 0 Å². The van der Waals surface area contributed by atoms with Gasteiger partial charge in [0, 0.05) is 21.5 Å². The average molecular weight is 469 g/mol. The number of hydrogen-bond acceptors (Lipinski definition) is 6. The van der Waals surface area contributed by atoms with Gasteiger partial charge in [0.1, 0.15) is 5.58 Å². The van der Waals surface area contributed by atoms with E-state index in [0.717, 1.165) is 31.5 Å².